The molecule has 2 aliphatic heterocycles. The highest BCUT2D eigenvalue weighted by Gasteiger charge is 2.33. The van der Waals surface area contributed by atoms with Gasteiger partial charge in [-0.25, -0.2) is 9.18 Å². The Kier molecular flexibility index (Phi) is 5.38. The monoisotopic (exact) mass is 396 g/mol. The van der Waals surface area contributed by atoms with E-state index in [-0.39, 0.29) is 23.8 Å². The number of hydrogen-bond acceptors (Lipinski definition) is 3. The van der Waals surface area contributed by atoms with Crippen LogP contribution in [0.4, 0.5) is 20.6 Å². The first-order chi connectivity index (χ1) is 14.0. The summed E-state index contributed by atoms with van der Waals surface area (Å²) in [7, 11) is 0. The molecule has 2 saturated heterocycles. The van der Waals surface area contributed by atoms with Crippen molar-refractivity contribution in [3.63, 3.8) is 0 Å². The molecule has 6 nitrogen and oxygen atoms in total. The first-order valence-corrected chi connectivity index (χ1v) is 9.93. The normalized spacial score (nSPS) is 19.6. The van der Waals surface area contributed by atoms with Gasteiger partial charge in [-0.15, -0.1) is 0 Å². The molecule has 3 amide bonds. The van der Waals surface area contributed by atoms with Crippen LogP contribution >= 0.6 is 0 Å². The second-order valence-electron chi connectivity index (χ2n) is 7.62. The SMILES string of the molecule is Cc1ccc(N2CC(NC(=O)N3CCN(c4ccccc4F)CC3)CC2=O)cc1. The zero-order chi connectivity index (χ0) is 20.4. The molecular formula is C22H25FN4O2. The van der Waals surface area contributed by atoms with Gasteiger partial charge >= 0.3 is 6.03 Å². The summed E-state index contributed by atoms with van der Waals surface area (Å²) in [6.07, 6.45) is 0.300. The molecule has 0 aromatic heterocycles. The third-order valence-corrected chi connectivity index (χ3v) is 5.56. The number of urea groups is 1. The molecule has 1 atom stereocenters. The lowest BCUT2D eigenvalue weighted by molar-refractivity contribution is -0.117. The summed E-state index contributed by atoms with van der Waals surface area (Å²) in [5.41, 5.74) is 2.57. The van der Waals surface area contributed by atoms with Gasteiger partial charge in [0.2, 0.25) is 5.91 Å². The van der Waals surface area contributed by atoms with Gasteiger partial charge in [-0.2, -0.15) is 0 Å². The number of amides is 3. The molecule has 4 rings (SSSR count). The van der Waals surface area contributed by atoms with E-state index in [2.05, 4.69) is 5.32 Å². The van der Waals surface area contributed by atoms with Gasteiger partial charge in [0, 0.05) is 44.8 Å². The van der Waals surface area contributed by atoms with Crippen LogP contribution in [0.2, 0.25) is 0 Å². The zero-order valence-corrected chi connectivity index (χ0v) is 16.5. The molecule has 0 radical (unpaired) electrons. The van der Waals surface area contributed by atoms with Gasteiger partial charge in [0.1, 0.15) is 5.82 Å². The first kappa shape index (κ1) is 19.2. The number of carbonyl (C=O) groups is 2. The minimum absolute atomic E-state index is 0.0172. The Hall–Kier alpha value is -3.09. The molecule has 7 heteroatoms. The van der Waals surface area contributed by atoms with Crippen LogP contribution in [-0.4, -0.2) is 55.6 Å². The minimum atomic E-state index is -0.244. The molecule has 2 heterocycles. The van der Waals surface area contributed by atoms with E-state index in [1.54, 1.807) is 21.9 Å². The van der Waals surface area contributed by atoms with E-state index >= 15 is 0 Å². The van der Waals surface area contributed by atoms with Crippen molar-refractivity contribution in [1.29, 1.82) is 0 Å². The number of aryl methyl sites for hydroxylation is 1. The van der Waals surface area contributed by atoms with Gasteiger partial charge in [0.15, 0.2) is 0 Å². The van der Waals surface area contributed by atoms with Crippen LogP contribution in [0.3, 0.4) is 0 Å². The number of nitrogens with one attached hydrogen (secondary N) is 1. The summed E-state index contributed by atoms with van der Waals surface area (Å²) in [5, 5.41) is 2.99. The summed E-state index contributed by atoms with van der Waals surface area (Å²) in [4.78, 5) is 30.4. The topological polar surface area (TPSA) is 55.9 Å². The number of halogens is 1. The Balaban J connectivity index is 1.31. The second-order valence-corrected chi connectivity index (χ2v) is 7.62. The molecular weight excluding hydrogens is 371 g/mol. The van der Waals surface area contributed by atoms with E-state index in [0.717, 1.165) is 11.3 Å². The number of carbonyl (C=O) groups excluding carboxylic acids is 2. The van der Waals surface area contributed by atoms with Crippen molar-refractivity contribution in [2.75, 3.05) is 42.5 Å². The molecule has 152 valence electrons. The van der Waals surface area contributed by atoms with Gasteiger partial charge in [-0.1, -0.05) is 29.8 Å². The van der Waals surface area contributed by atoms with Crippen LogP contribution in [0.5, 0.6) is 0 Å². The van der Waals surface area contributed by atoms with E-state index in [9.17, 15) is 14.0 Å². The predicted molar refractivity (Wildman–Crippen MR) is 111 cm³/mol. The lowest BCUT2D eigenvalue weighted by atomic mass is 10.2. The summed E-state index contributed by atoms with van der Waals surface area (Å²) < 4.78 is 14.0. The lowest BCUT2D eigenvalue weighted by Gasteiger charge is -2.36. The second kappa shape index (κ2) is 8.11. The van der Waals surface area contributed by atoms with Crippen LogP contribution in [0.1, 0.15) is 12.0 Å². The highest BCUT2D eigenvalue weighted by Crippen LogP contribution is 2.23. The Morgan fingerprint density at radius 2 is 1.72 bits per heavy atom. The third-order valence-electron chi connectivity index (χ3n) is 5.56. The van der Waals surface area contributed by atoms with Gasteiger partial charge in [-0.3, -0.25) is 4.79 Å². The van der Waals surface area contributed by atoms with Crippen molar-refractivity contribution in [2.24, 2.45) is 0 Å². The third kappa shape index (κ3) is 4.18. The minimum Gasteiger partial charge on any atom is -0.366 e. The van der Waals surface area contributed by atoms with E-state index < -0.39 is 0 Å². The van der Waals surface area contributed by atoms with Gasteiger partial charge in [-0.05, 0) is 31.2 Å². The number of para-hydroxylation sites is 1. The first-order valence-electron chi connectivity index (χ1n) is 9.93. The lowest BCUT2D eigenvalue weighted by Crippen LogP contribution is -2.54. The van der Waals surface area contributed by atoms with Crippen molar-refractivity contribution < 1.29 is 14.0 Å². The Morgan fingerprint density at radius 1 is 1.03 bits per heavy atom. The molecule has 1 N–H and O–H groups in total. The Bertz CT molecular complexity index is 894. The summed E-state index contributed by atoms with van der Waals surface area (Å²) in [6.45, 7) is 4.67. The van der Waals surface area contributed by atoms with Gasteiger partial charge in [0.05, 0.1) is 11.7 Å². The van der Waals surface area contributed by atoms with Crippen LogP contribution in [0.25, 0.3) is 0 Å². The largest absolute Gasteiger partial charge is 0.366 e. The molecule has 1 unspecified atom stereocenters. The average Bonchev–Trinajstić information content (AvgIpc) is 3.09. The number of hydrogen-bond donors (Lipinski definition) is 1. The van der Waals surface area contributed by atoms with Crippen LogP contribution < -0.4 is 15.1 Å². The summed E-state index contributed by atoms with van der Waals surface area (Å²) in [5.74, 6) is -0.227. The zero-order valence-electron chi connectivity index (χ0n) is 16.5. The van der Waals surface area contributed by atoms with Gasteiger partial charge in [0.25, 0.3) is 0 Å². The van der Waals surface area contributed by atoms with E-state index in [1.165, 1.54) is 6.07 Å². The van der Waals surface area contributed by atoms with Crippen molar-refractivity contribution in [1.82, 2.24) is 10.2 Å². The predicted octanol–water partition coefficient (Wildman–Crippen LogP) is 2.77. The van der Waals surface area contributed by atoms with E-state index in [0.29, 0.717) is 44.8 Å². The highest BCUT2D eigenvalue weighted by atomic mass is 19.1. The van der Waals surface area contributed by atoms with Crippen molar-refractivity contribution in [3.05, 3.63) is 59.9 Å². The fourth-order valence-electron chi connectivity index (χ4n) is 3.90. The number of nitrogens with zero attached hydrogens (tertiary/aromatic N) is 3. The maximum absolute atomic E-state index is 14.0. The quantitative estimate of drug-likeness (QED) is 0.868. The molecule has 2 fully saturated rings. The molecule has 0 saturated carbocycles. The molecule has 2 aromatic rings. The Morgan fingerprint density at radius 3 is 2.41 bits per heavy atom. The summed E-state index contributed by atoms with van der Waals surface area (Å²) in [6, 6.07) is 14.1. The number of benzene rings is 2. The summed E-state index contributed by atoms with van der Waals surface area (Å²) >= 11 is 0. The Labute approximate surface area is 169 Å². The van der Waals surface area contributed by atoms with E-state index in [1.807, 2.05) is 42.2 Å². The van der Waals surface area contributed by atoms with Crippen molar-refractivity contribution in [3.8, 4) is 0 Å². The van der Waals surface area contributed by atoms with Crippen LogP contribution in [0, 0.1) is 12.7 Å². The molecule has 0 bridgehead atoms. The highest BCUT2D eigenvalue weighted by molar-refractivity contribution is 5.96. The fourth-order valence-corrected chi connectivity index (χ4v) is 3.90. The smallest absolute Gasteiger partial charge is 0.317 e. The molecule has 0 spiro atoms. The van der Waals surface area contributed by atoms with Crippen LogP contribution in [0.15, 0.2) is 48.5 Å². The number of rotatable bonds is 3. The average molecular weight is 396 g/mol. The molecule has 29 heavy (non-hydrogen) atoms. The van der Waals surface area contributed by atoms with Crippen LogP contribution in [-0.2, 0) is 4.79 Å². The molecule has 2 aromatic carbocycles. The molecule has 2 aliphatic rings. The number of piperazine rings is 1. The van der Waals surface area contributed by atoms with Crippen molar-refractivity contribution in [2.45, 2.75) is 19.4 Å². The van der Waals surface area contributed by atoms with Gasteiger partial charge < -0.3 is 20.0 Å². The van der Waals surface area contributed by atoms with E-state index in [4.69, 9.17) is 0 Å². The fraction of sp³-hybridized carbons (Fsp3) is 0.364. The maximum Gasteiger partial charge on any atom is 0.317 e. The number of anilines is 2. The standard InChI is InChI=1S/C22H25FN4O2/c1-16-6-8-18(9-7-16)27-15-17(14-21(27)28)24-22(29)26-12-10-25(11-13-26)20-5-3-2-4-19(20)23/h2-9,17H,10-15H2,1H3,(H,24,29). The molecule has 0 aliphatic carbocycles. The maximum atomic E-state index is 14.0. The van der Waals surface area contributed by atoms with Crippen molar-refractivity contribution >= 4 is 23.3 Å².